The van der Waals surface area contributed by atoms with Crippen molar-refractivity contribution < 1.29 is 4.79 Å². The molecule has 0 unspecified atom stereocenters. The van der Waals surface area contributed by atoms with Crippen molar-refractivity contribution in [3.05, 3.63) is 70.3 Å². The number of aromatic nitrogens is 3. The lowest BCUT2D eigenvalue weighted by Gasteiger charge is -2.35. The van der Waals surface area contributed by atoms with Gasteiger partial charge in [0.2, 0.25) is 0 Å². The number of rotatable bonds is 3. The zero-order valence-corrected chi connectivity index (χ0v) is 16.4. The minimum Gasteiger partial charge on any atom is -0.352 e. The molecule has 3 aromatic rings. The Hall–Kier alpha value is -2.70. The van der Waals surface area contributed by atoms with Crippen molar-refractivity contribution in [1.29, 1.82) is 0 Å². The van der Waals surface area contributed by atoms with Gasteiger partial charge in [-0.05, 0) is 42.5 Å². The second kappa shape index (κ2) is 8.12. The van der Waals surface area contributed by atoms with Crippen molar-refractivity contribution in [2.45, 2.75) is 0 Å². The molecule has 3 heterocycles. The van der Waals surface area contributed by atoms with Crippen LogP contribution in [0.4, 0.5) is 5.82 Å². The Labute approximate surface area is 172 Å². The summed E-state index contributed by atoms with van der Waals surface area (Å²) in [7, 11) is 0. The number of carbonyl (C=O) groups is 1. The minimum atomic E-state index is -0.108. The van der Waals surface area contributed by atoms with E-state index >= 15 is 0 Å². The zero-order valence-electron chi connectivity index (χ0n) is 14.9. The summed E-state index contributed by atoms with van der Waals surface area (Å²) in [6.45, 7) is 2.49. The number of pyridine rings is 1. The molecule has 0 bridgehead atoms. The Morgan fingerprint density at radius 1 is 0.893 bits per heavy atom. The molecule has 28 heavy (non-hydrogen) atoms. The molecule has 0 saturated carbocycles. The molecule has 1 fully saturated rings. The molecule has 6 nitrogen and oxygen atoms in total. The normalized spacial score (nSPS) is 14.2. The summed E-state index contributed by atoms with van der Waals surface area (Å²) in [5, 5.41) is 9.51. The third kappa shape index (κ3) is 3.93. The van der Waals surface area contributed by atoms with E-state index in [9.17, 15) is 4.79 Å². The summed E-state index contributed by atoms with van der Waals surface area (Å²) < 4.78 is 0. The number of nitrogens with zero attached hydrogens (tertiary/aromatic N) is 5. The third-order valence-corrected chi connectivity index (χ3v) is 5.19. The summed E-state index contributed by atoms with van der Waals surface area (Å²) in [5.74, 6) is 0.677. The van der Waals surface area contributed by atoms with Crippen LogP contribution >= 0.6 is 23.2 Å². The van der Waals surface area contributed by atoms with Crippen LogP contribution in [0.25, 0.3) is 11.4 Å². The van der Waals surface area contributed by atoms with E-state index in [1.807, 2.05) is 30.3 Å². The van der Waals surface area contributed by atoms with Crippen LogP contribution in [0.1, 0.15) is 10.4 Å². The van der Waals surface area contributed by atoms with Crippen molar-refractivity contribution in [2.75, 3.05) is 31.1 Å². The lowest BCUT2D eigenvalue weighted by atomic mass is 10.1. The number of hydrogen-bond acceptors (Lipinski definition) is 5. The Balaban J connectivity index is 1.41. The first kappa shape index (κ1) is 18.7. The van der Waals surface area contributed by atoms with Gasteiger partial charge in [-0.3, -0.25) is 9.78 Å². The SMILES string of the molecule is O=C(c1cc(Cl)ccc1Cl)N1CCN(c2ccc(-c3ccccn3)nn2)CC1. The fourth-order valence-electron chi connectivity index (χ4n) is 3.12. The molecule has 1 aromatic carbocycles. The first-order valence-corrected chi connectivity index (χ1v) is 9.62. The molecule has 1 saturated heterocycles. The fraction of sp³-hybridized carbons (Fsp3) is 0.200. The van der Waals surface area contributed by atoms with Gasteiger partial charge in [-0.2, -0.15) is 0 Å². The van der Waals surface area contributed by atoms with Gasteiger partial charge >= 0.3 is 0 Å². The molecular formula is C20H17Cl2N5O. The average molecular weight is 414 g/mol. The largest absolute Gasteiger partial charge is 0.352 e. The van der Waals surface area contributed by atoms with Crippen molar-refractivity contribution in [3.8, 4) is 11.4 Å². The highest BCUT2D eigenvalue weighted by molar-refractivity contribution is 6.35. The van der Waals surface area contributed by atoms with Gasteiger partial charge in [0, 0.05) is 37.4 Å². The second-order valence-corrected chi connectivity index (χ2v) is 7.24. The summed E-state index contributed by atoms with van der Waals surface area (Å²) in [6, 6.07) is 14.5. The standard InChI is InChI=1S/C20H17Cl2N5O/c21-14-4-5-16(22)15(13-14)20(28)27-11-9-26(10-12-27)19-7-6-18(24-25-19)17-3-1-2-8-23-17/h1-8,13H,9-12H2. The van der Waals surface area contributed by atoms with E-state index in [-0.39, 0.29) is 5.91 Å². The van der Waals surface area contributed by atoms with Gasteiger partial charge in [0.1, 0.15) is 5.69 Å². The van der Waals surface area contributed by atoms with Crippen LogP contribution in [0, 0.1) is 0 Å². The molecule has 0 spiro atoms. The van der Waals surface area contributed by atoms with Gasteiger partial charge in [0.25, 0.3) is 5.91 Å². The number of carbonyl (C=O) groups excluding carboxylic acids is 1. The maximum Gasteiger partial charge on any atom is 0.255 e. The molecule has 0 aliphatic carbocycles. The van der Waals surface area contributed by atoms with Gasteiger partial charge in [0.05, 0.1) is 16.3 Å². The monoisotopic (exact) mass is 413 g/mol. The number of benzene rings is 1. The maximum atomic E-state index is 12.7. The highest BCUT2D eigenvalue weighted by Crippen LogP contribution is 2.23. The highest BCUT2D eigenvalue weighted by atomic mass is 35.5. The van der Waals surface area contributed by atoms with Crippen LogP contribution in [0.15, 0.2) is 54.7 Å². The van der Waals surface area contributed by atoms with E-state index in [1.165, 1.54) is 0 Å². The van der Waals surface area contributed by atoms with Crippen molar-refractivity contribution in [1.82, 2.24) is 20.1 Å². The summed E-state index contributed by atoms with van der Waals surface area (Å²) in [5.41, 5.74) is 1.95. The van der Waals surface area contributed by atoms with E-state index in [4.69, 9.17) is 23.2 Å². The van der Waals surface area contributed by atoms with Crippen LogP contribution in [0.2, 0.25) is 10.0 Å². The Kier molecular flexibility index (Phi) is 5.41. The van der Waals surface area contributed by atoms with E-state index in [0.29, 0.717) is 41.8 Å². The second-order valence-electron chi connectivity index (χ2n) is 6.40. The predicted molar refractivity (Wildman–Crippen MR) is 110 cm³/mol. The average Bonchev–Trinajstić information content (AvgIpc) is 2.76. The van der Waals surface area contributed by atoms with Gasteiger partial charge in [0.15, 0.2) is 5.82 Å². The van der Waals surface area contributed by atoms with Gasteiger partial charge in [-0.1, -0.05) is 29.3 Å². The van der Waals surface area contributed by atoms with Crippen LogP contribution in [-0.2, 0) is 0 Å². The van der Waals surface area contributed by atoms with E-state index in [2.05, 4.69) is 20.1 Å². The van der Waals surface area contributed by atoms with Gasteiger partial charge < -0.3 is 9.80 Å². The number of hydrogen-bond donors (Lipinski definition) is 0. The summed E-state index contributed by atoms with van der Waals surface area (Å²) in [4.78, 5) is 20.9. The Morgan fingerprint density at radius 2 is 1.71 bits per heavy atom. The van der Waals surface area contributed by atoms with E-state index in [1.54, 1.807) is 29.3 Å². The number of anilines is 1. The molecule has 1 aliphatic heterocycles. The van der Waals surface area contributed by atoms with Crippen LogP contribution in [0.3, 0.4) is 0 Å². The first-order valence-electron chi connectivity index (χ1n) is 8.86. The van der Waals surface area contributed by atoms with Crippen LogP contribution in [-0.4, -0.2) is 52.2 Å². The molecule has 4 rings (SSSR count). The first-order chi connectivity index (χ1) is 13.6. The van der Waals surface area contributed by atoms with Gasteiger partial charge in [-0.25, -0.2) is 0 Å². The molecule has 1 amide bonds. The number of amides is 1. The quantitative estimate of drug-likeness (QED) is 0.653. The smallest absolute Gasteiger partial charge is 0.255 e. The molecule has 0 radical (unpaired) electrons. The van der Waals surface area contributed by atoms with Gasteiger partial charge in [-0.15, -0.1) is 10.2 Å². The predicted octanol–water partition coefficient (Wildman–Crippen LogP) is 3.81. The molecule has 0 N–H and O–H groups in total. The zero-order chi connectivity index (χ0) is 19.5. The third-order valence-electron chi connectivity index (χ3n) is 4.63. The molecule has 142 valence electrons. The fourth-order valence-corrected chi connectivity index (χ4v) is 3.49. The molecule has 0 atom stereocenters. The summed E-state index contributed by atoms with van der Waals surface area (Å²) in [6.07, 6.45) is 1.73. The van der Waals surface area contributed by atoms with Crippen molar-refractivity contribution in [2.24, 2.45) is 0 Å². The number of piperazine rings is 1. The van der Waals surface area contributed by atoms with Crippen LogP contribution in [0.5, 0.6) is 0 Å². The molecule has 1 aliphatic rings. The topological polar surface area (TPSA) is 62.2 Å². The van der Waals surface area contributed by atoms with E-state index < -0.39 is 0 Å². The minimum absolute atomic E-state index is 0.108. The maximum absolute atomic E-state index is 12.7. The Bertz CT molecular complexity index is 974. The van der Waals surface area contributed by atoms with Crippen molar-refractivity contribution in [3.63, 3.8) is 0 Å². The van der Waals surface area contributed by atoms with Crippen LogP contribution < -0.4 is 4.90 Å². The summed E-state index contributed by atoms with van der Waals surface area (Å²) >= 11 is 12.2. The number of halogens is 2. The molecular weight excluding hydrogens is 397 g/mol. The molecule has 8 heteroatoms. The van der Waals surface area contributed by atoms with Crippen molar-refractivity contribution >= 4 is 34.9 Å². The lowest BCUT2D eigenvalue weighted by Crippen LogP contribution is -2.49. The molecule has 2 aromatic heterocycles. The van der Waals surface area contributed by atoms with E-state index in [0.717, 1.165) is 17.2 Å². The lowest BCUT2D eigenvalue weighted by molar-refractivity contribution is 0.0746. The Morgan fingerprint density at radius 3 is 2.39 bits per heavy atom. The highest BCUT2D eigenvalue weighted by Gasteiger charge is 2.24.